The van der Waals surface area contributed by atoms with Gasteiger partial charge in [0.15, 0.2) is 23.3 Å². The van der Waals surface area contributed by atoms with Crippen LogP contribution in [-0.4, -0.2) is 11.2 Å². The number of halogens is 5. The summed E-state index contributed by atoms with van der Waals surface area (Å²) in [5.41, 5.74) is 2.86. The molecular weight excluding hydrogens is 329 g/mol. The Morgan fingerprint density at radius 1 is 0.917 bits per heavy atom. The summed E-state index contributed by atoms with van der Waals surface area (Å²) in [6.07, 6.45) is 1.24. The lowest BCUT2D eigenvalue weighted by molar-refractivity contribution is 0.381. The molecule has 2 aromatic carbocycles. The molecule has 2 N–H and O–H groups in total. The number of nitrogens with one attached hydrogen (secondary N) is 2. The number of benzene rings is 2. The molecule has 8 heteroatoms. The first kappa shape index (κ1) is 16.0. The molecule has 0 saturated heterocycles. The van der Waals surface area contributed by atoms with Crippen LogP contribution in [-0.2, 0) is 0 Å². The number of nitrogens with zero attached hydrogens (tertiary/aromatic N) is 1. The van der Waals surface area contributed by atoms with E-state index in [2.05, 4.69) is 10.1 Å². The molecule has 0 aliphatic heterocycles. The monoisotopic (exact) mass is 339 g/mol. The van der Waals surface area contributed by atoms with Gasteiger partial charge in [0.25, 0.3) is 0 Å². The molecule has 0 spiro atoms. The molecular formula is C16H10F5N3. The van der Waals surface area contributed by atoms with E-state index in [0.29, 0.717) is 5.56 Å². The number of hydrogen-bond donors (Lipinski definition) is 2. The average Bonchev–Trinajstić information content (AvgIpc) is 2.90. The first-order chi connectivity index (χ1) is 11.4. The van der Waals surface area contributed by atoms with Gasteiger partial charge in [-0.3, -0.25) is 5.43 Å². The Kier molecular flexibility index (Phi) is 3.96. The third-order valence-corrected chi connectivity index (χ3v) is 3.52. The molecule has 0 amide bonds. The normalized spacial score (nSPS) is 11.6. The standard InChI is InChI=1S/C16H10F5N3/c1-7-9(8-4-2-3-5-10(8)23-7)6-22-24-16-14(20)12(18)11(17)13(19)15(16)21/h2-6,23-24H,1H3/b22-6+. The molecule has 0 bridgehead atoms. The minimum Gasteiger partial charge on any atom is -0.358 e. The van der Waals surface area contributed by atoms with E-state index in [1.165, 1.54) is 6.21 Å². The SMILES string of the molecule is Cc1[nH]c2ccccc2c1/C=N/Nc1c(F)c(F)c(F)c(F)c1F. The minimum absolute atomic E-state index is 0.627. The maximum atomic E-state index is 13.5. The van der Waals surface area contributed by atoms with Gasteiger partial charge in [-0.1, -0.05) is 18.2 Å². The van der Waals surface area contributed by atoms with Crippen LogP contribution in [0.25, 0.3) is 10.9 Å². The van der Waals surface area contributed by atoms with Gasteiger partial charge in [-0.2, -0.15) is 5.10 Å². The first-order valence-corrected chi connectivity index (χ1v) is 6.79. The fourth-order valence-electron chi connectivity index (χ4n) is 2.33. The predicted molar refractivity (Wildman–Crippen MR) is 80.5 cm³/mol. The third-order valence-electron chi connectivity index (χ3n) is 3.52. The van der Waals surface area contributed by atoms with Crippen molar-refractivity contribution in [3.63, 3.8) is 0 Å². The number of hydrazone groups is 1. The van der Waals surface area contributed by atoms with Crippen molar-refractivity contribution in [3.8, 4) is 0 Å². The number of rotatable bonds is 3. The van der Waals surface area contributed by atoms with Crippen LogP contribution in [0, 0.1) is 36.0 Å². The lowest BCUT2D eigenvalue weighted by atomic mass is 10.1. The zero-order chi connectivity index (χ0) is 17.4. The van der Waals surface area contributed by atoms with Crippen LogP contribution < -0.4 is 5.43 Å². The fourth-order valence-corrected chi connectivity index (χ4v) is 2.33. The van der Waals surface area contributed by atoms with Crippen LogP contribution in [0.4, 0.5) is 27.6 Å². The van der Waals surface area contributed by atoms with Crippen LogP contribution >= 0.6 is 0 Å². The number of aromatic nitrogens is 1. The lowest BCUT2D eigenvalue weighted by Crippen LogP contribution is -2.06. The molecule has 3 rings (SSSR count). The summed E-state index contributed by atoms with van der Waals surface area (Å²) in [5.74, 6) is -10.2. The summed E-state index contributed by atoms with van der Waals surface area (Å²) >= 11 is 0. The van der Waals surface area contributed by atoms with Crippen molar-refractivity contribution in [3.05, 3.63) is 64.6 Å². The van der Waals surface area contributed by atoms with Crippen molar-refractivity contribution >= 4 is 22.8 Å². The van der Waals surface area contributed by atoms with Gasteiger partial charge in [-0.25, -0.2) is 22.0 Å². The Labute approximate surface area is 132 Å². The van der Waals surface area contributed by atoms with Gasteiger partial charge >= 0.3 is 0 Å². The number of fused-ring (bicyclic) bond motifs is 1. The number of anilines is 1. The van der Waals surface area contributed by atoms with Crippen LogP contribution in [0.15, 0.2) is 29.4 Å². The number of aromatic amines is 1. The van der Waals surface area contributed by atoms with E-state index in [4.69, 9.17) is 0 Å². The molecule has 0 atom stereocenters. The van der Waals surface area contributed by atoms with E-state index in [1.807, 2.05) is 17.6 Å². The Balaban J connectivity index is 1.96. The maximum Gasteiger partial charge on any atom is 0.200 e. The van der Waals surface area contributed by atoms with Crippen LogP contribution in [0.5, 0.6) is 0 Å². The lowest BCUT2D eigenvalue weighted by Gasteiger charge is -2.06. The van der Waals surface area contributed by atoms with E-state index < -0.39 is 34.8 Å². The number of hydrogen-bond acceptors (Lipinski definition) is 2. The van der Waals surface area contributed by atoms with E-state index in [-0.39, 0.29) is 0 Å². The Bertz CT molecular complexity index is 933. The smallest absolute Gasteiger partial charge is 0.200 e. The van der Waals surface area contributed by atoms with Gasteiger partial charge < -0.3 is 4.98 Å². The fraction of sp³-hybridized carbons (Fsp3) is 0.0625. The topological polar surface area (TPSA) is 40.2 Å². The van der Waals surface area contributed by atoms with Crippen molar-refractivity contribution in [2.75, 3.05) is 5.43 Å². The molecule has 0 aliphatic rings. The Morgan fingerprint density at radius 2 is 1.50 bits per heavy atom. The van der Waals surface area contributed by atoms with Gasteiger partial charge in [-0.05, 0) is 13.0 Å². The largest absolute Gasteiger partial charge is 0.358 e. The summed E-state index contributed by atoms with van der Waals surface area (Å²) < 4.78 is 66.3. The van der Waals surface area contributed by atoms with E-state index in [1.54, 1.807) is 19.1 Å². The second kappa shape index (κ2) is 5.95. The van der Waals surface area contributed by atoms with Crippen molar-refractivity contribution in [1.82, 2.24) is 4.98 Å². The zero-order valence-corrected chi connectivity index (χ0v) is 12.2. The summed E-state index contributed by atoms with van der Waals surface area (Å²) in [7, 11) is 0. The predicted octanol–water partition coefficient (Wildman–Crippen LogP) is 4.62. The highest BCUT2D eigenvalue weighted by molar-refractivity contribution is 6.00. The number of para-hydroxylation sites is 1. The minimum atomic E-state index is -2.22. The first-order valence-electron chi connectivity index (χ1n) is 6.79. The molecule has 0 radical (unpaired) electrons. The summed E-state index contributed by atoms with van der Waals surface area (Å²) in [4.78, 5) is 3.09. The van der Waals surface area contributed by atoms with Crippen LogP contribution in [0.1, 0.15) is 11.3 Å². The molecule has 1 aromatic heterocycles. The second-order valence-electron chi connectivity index (χ2n) is 5.02. The Morgan fingerprint density at radius 3 is 2.17 bits per heavy atom. The zero-order valence-electron chi connectivity index (χ0n) is 12.2. The van der Waals surface area contributed by atoms with E-state index >= 15 is 0 Å². The van der Waals surface area contributed by atoms with Crippen molar-refractivity contribution < 1.29 is 22.0 Å². The van der Waals surface area contributed by atoms with Crippen molar-refractivity contribution in [2.24, 2.45) is 5.10 Å². The van der Waals surface area contributed by atoms with Gasteiger partial charge in [-0.15, -0.1) is 0 Å². The van der Waals surface area contributed by atoms with Crippen LogP contribution in [0.3, 0.4) is 0 Å². The quantitative estimate of drug-likeness (QED) is 0.236. The Hall–Kier alpha value is -2.90. The third kappa shape index (κ3) is 2.49. The van der Waals surface area contributed by atoms with E-state index in [9.17, 15) is 22.0 Å². The van der Waals surface area contributed by atoms with Gasteiger partial charge in [0.1, 0.15) is 5.69 Å². The molecule has 0 fully saturated rings. The molecule has 3 nitrogen and oxygen atoms in total. The van der Waals surface area contributed by atoms with Crippen molar-refractivity contribution in [2.45, 2.75) is 6.92 Å². The molecule has 0 unspecified atom stereocenters. The maximum absolute atomic E-state index is 13.5. The summed E-state index contributed by atoms with van der Waals surface area (Å²) in [6, 6.07) is 7.26. The highest BCUT2D eigenvalue weighted by Gasteiger charge is 2.25. The molecule has 124 valence electrons. The molecule has 1 heterocycles. The van der Waals surface area contributed by atoms with Gasteiger partial charge in [0, 0.05) is 22.2 Å². The van der Waals surface area contributed by atoms with E-state index in [0.717, 1.165) is 16.6 Å². The van der Waals surface area contributed by atoms with Gasteiger partial charge in [0.2, 0.25) is 5.82 Å². The summed E-state index contributed by atoms with van der Waals surface area (Å²) in [5, 5.41) is 4.40. The molecule has 3 aromatic rings. The molecule has 0 saturated carbocycles. The second-order valence-corrected chi connectivity index (χ2v) is 5.02. The highest BCUT2D eigenvalue weighted by Crippen LogP contribution is 2.27. The summed E-state index contributed by atoms with van der Waals surface area (Å²) in [6.45, 7) is 1.76. The highest BCUT2D eigenvalue weighted by atomic mass is 19.2. The average molecular weight is 339 g/mol. The molecule has 0 aliphatic carbocycles. The van der Waals surface area contributed by atoms with Gasteiger partial charge in [0.05, 0.1) is 6.21 Å². The van der Waals surface area contributed by atoms with Crippen molar-refractivity contribution in [1.29, 1.82) is 0 Å². The number of aryl methyl sites for hydroxylation is 1. The van der Waals surface area contributed by atoms with Crippen LogP contribution in [0.2, 0.25) is 0 Å². The number of H-pyrrole nitrogens is 1. The molecule has 24 heavy (non-hydrogen) atoms.